The highest BCUT2D eigenvalue weighted by atomic mass is 16.5. The summed E-state index contributed by atoms with van der Waals surface area (Å²) in [6.45, 7) is 0. The van der Waals surface area contributed by atoms with E-state index in [1.807, 2.05) is 18.2 Å². The zero-order valence-corrected chi connectivity index (χ0v) is 8.10. The molecule has 0 bridgehead atoms. The van der Waals surface area contributed by atoms with Gasteiger partial charge in [-0.3, -0.25) is 5.41 Å². The van der Waals surface area contributed by atoms with Crippen molar-refractivity contribution in [1.82, 2.24) is 9.72 Å². The van der Waals surface area contributed by atoms with Gasteiger partial charge in [0.25, 0.3) is 0 Å². The third-order valence-corrected chi connectivity index (χ3v) is 2.00. The van der Waals surface area contributed by atoms with Gasteiger partial charge in [-0.15, -0.1) is 0 Å². The maximum Gasteiger partial charge on any atom is 0.460 e. The summed E-state index contributed by atoms with van der Waals surface area (Å²) in [7, 11) is 1.54. The molecule has 2 rings (SSSR count). The van der Waals surface area contributed by atoms with Crippen LogP contribution in [-0.4, -0.2) is 15.4 Å². The number of nitrogens with zero attached hydrogens (tertiary/aromatic N) is 2. The molecule has 5 nitrogen and oxygen atoms in total. The van der Waals surface area contributed by atoms with Gasteiger partial charge in [-0.05, 0) is 0 Å². The molecule has 15 heavy (non-hydrogen) atoms. The summed E-state index contributed by atoms with van der Waals surface area (Å²) in [5.74, 6) is -0.459. The minimum Gasteiger partial charge on any atom is -0.319 e. The molecule has 1 aromatic heterocycles. The van der Waals surface area contributed by atoms with Crippen molar-refractivity contribution < 1.29 is 4.52 Å². The number of hydrogen-bond donors (Lipinski definition) is 1. The SMILES string of the molecule is Cn1oc(=O)nc1C(=N)c1ccccc1. The van der Waals surface area contributed by atoms with Crippen molar-refractivity contribution >= 4 is 5.71 Å². The Morgan fingerprint density at radius 2 is 2.07 bits per heavy atom. The molecule has 1 N–H and O–H groups in total. The van der Waals surface area contributed by atoms with Crippen molar-refractivity contribution in [3.63, 3.8) is 0 Å². The van der Waals surface area contributed by atoms with Crippen LogP contribution in [-0.2, 0) is 7.05 Å². The Morgan fingerprint density at radius 1 is 1.40 bits per heavy atom. The van der Waals surface area contributed by atoms with Gasteiger partial charge in [0, 0.05) is 12.6 Å². The lowest BCUT2D eigenvalue weighted by molar-refractivity contribution is 0.282. The van der Waals surface area contributed by atoms with E-state index < -0.39 is 5.76 Å². The van der Waals surface area contributed by atoms with E-state index in [1.54, 1.807) is 19.2 Å². The maximum atomic E-state index is 10.9. The summed E-state index contributed by atoms with van der Waals surface area (Å²) < 4.78 is 5.86. The molecule has 0 amide bonds. The number of benzene rings is 1. The van der Waals surface area contributed by atoms with Crippen LogP contribution in [0, 0.1) is 5.41 Å². The van der Waals surface area contributed by atoms with E-state index >= 15 is 0 Å². The highest BCUT2D eigenvalue weighted by molar-refractivity contribution is 6.08. The van der Waals surface area contributed by atoms with Crippen LogP contribution < -0.4 is 5.76 Å². The zero-order valence-electron chi connectivity index (χ0n) is 8.10. The molecule has 0 unspecified atom stereocenters. The van der Waals surface area contributed by atoms with Gasteiger partial charge in [0.15, 0.2) is 5.82 Å². The van der Waals surface area contributed by atoms with Crippen molar-refractivity contribution in [1.29, 1.82) is 5.41 Å². The van der Waals surface area contributed by atoms with Crippen LogP contribution in [0.4, 0.5) is 0 Å². The minimum atomic E-state index is -0.687. The lowest BCUT2D eigenvalue weighted by Gasteiger charge is -2.00. The number of hydrogen-bond acceptors (Lipinski definition) is 4. The highest BCUT2D eigenvalue weighted by Gasteiger charge is 2.12. The second-order valence-corrected chi connectivity index (χ2v) is 3.03. The van der Waals surface area contributed by atoms with Crippen LogP contribution >= 0.6 is 0 Å². The van der Waals surface area contributed by atoms with E-state index in [1.165, 1.54) is 4.74 Å². The molecule has 0 saturated carbocycles. The largest absolute Gasteiger partial charge is 0.460 e. The summed E-state index contributed by atoms with van der Waals surface area (Å²) in [5.41, 5.74) is 0.866. The average Bonchev–Trinajstić information content (AvgIpc) is 2.58. The molecule has 0 aliphatic heterocycles. The first-order valence-electron chi connectivity index (χ1n) is 4.37. The smallest absolute Gasteiger partial charge is 0.319 e. The number of aryl methyl sites for hydroxylation is 1. The van der Waals surface area contributed by atoms with Gasteiger partial charge in [0.2, 0.25) is 0 Å². The van der Waals surface area contributed by atoms with Crippen LogP contribution in [0.2, 0.25) is 0 Å². The van der Waals surface area contributed by atoms with Crippen LogP contribution in [0.3, 0.4) is 0 Å². The summed E-state index contributed by atoms with van der Waals surface area (Å²) in [4.78, 5) is 14.5. The molecular formula is C10H9N3O2. The van der Waals surface area contributed by atoms with Crippen LogP contribution in [0.25, 0.3) is 0 Å². The Labute approximate surface area is 85.5 Å². The first-order chi connectivity index (χ1) is 7.18. The van der Waals surface area contributed by atoms with Gasteiger partial charge >= 0.3 is 5.76 Å². The third kappa shape index (κ3) is 1.71. The molecular weight excluding hydrogens is 194 g/mol. The predicted octanol–water partition coefficient (Wildman–Crippen LogP) is 0.789. The molecule has 0 fully saturated rings. The molecule has 76 valence electrons. The van der Waals surface area contributed by atoms with Crippen LogP contribution in [0.1, 0.15) is 11.4 Å². The van der Waals surface area contributed by atoms with Crippen LogP contribution in [0.15, 0.2) is 39.6 Å². The van der Waals surface area contributed by atoms with Crippen molar-refractivity contribution in [3.05, 3.63) is 52.3 Å². The fraction of sp³-hybridized carbons (Fsp3) is 0.100. The first-order valence-corrected chi connectivity index (χ1v) is 4.37. The van der Waals surface area contributed by atoms with Crippen molar-refractivity contribution in [2.75, 3.05) is 0 Å². The van der Waals surface area contributed by atoms with E-state index in [0.29, 0.717) is 5.56 Å². The molecule has 1 heterocycles. The zero-order chi connectivity index (χ0) is 10.8. The standard InChI is InChI=1S/C10H9N3O2/c1-13-9(12-10(14)15-13)8(11)7-5-3-2-4-6-7/h2-6,11H,1H3. The quantitative estimate of drug-likeness (QED) is 0.733. The van der Waals surface area contributed by atoms with E-state index in [4.69, 9.17) is 5.41 Å². The molecule has 0 radical (unpaired) electrons. The lowest BCUT2D eigenvalue weighted by Crippen LogP contribution is -2.09. The van der Waals surface area contributed by atoms with Gasteiger partial charge in [0.1, 0.15) is 5.71 Å². The molecule has 0 spiro atoms. The Kier molecular flexibility index (Phi) is 2.21. The molecule has 0 atom stereocenters. The van der Waals surface area contributed by atoms with Gasteiger partial charge < -0.3 is 4.52 Å². The molecule has 2 aromatic rings. The normalized spacial score (nSPS) is 10.2. The monoisotopic (exact) mass is 203 g/mol. The van der Waals surface area contributed by atoms with Gasteiger partial charge in [0.05, 0.1) is 0 Å². The van der Waals surface area contributed by atoms with E-state index in [2.05, 4.69) is 9.51 Å². The fourth-order valence-corrected chi connectivity index (χ4v) is 1.28. The Balaban J connectivity index is 2.46. The van der Waals surface area contributed by atoms with E-state index in [0.717, 1.165) is 0 Å². The molecule has 1 aromatic carbocycles. The molecule has 0 aliphatic carbocycles. The topological polar surface area (TPSA) is 71.9 Å². The van der Waals surface area contributed by atoms with E-state index in [9.17, 15) is 4.79 Å². The Morgan fingerprint density at radius 3 is 2.60 bits per heavy atom. The number of rotatable bonds is 2. The second-order valence-electron chi connectivity index (χ2n) is 3.03. The molecule has 0 saturated heterocycles. The summed E-state index contributed by atoms with van der Waals surface area (Å²) in [5, 5.41) is 7.84. The Bertz CT molecular complexity index is 539. The minimum absolute atomic E-state index is 0.170. The number of nitrogens with one attached hydrogen (secondary N) is 1. The van der Waals surface area contributed by atoms with Crippen molar-refractivity contribution in [3.8, 4) is 0 Å². The van der Waals surface area contributed by atoms with Crippen LogP contribution in [0.5, 0.6) is 0 Å². The van der Waals surface area contributed by atoms with Gasteiger partial charge in [-0.2, -0.15) is 9.72 Å². The predicted molar refractivity (Wildman–Crippen MR) is 54.1 cm³/mol. The third-order valence-electron chi connectivity index (χ3n) is 2.00. The van der Waals surface area contributed by atoms with Crippen molar-refractivity contribution in [2.24, 2.45) is 7.05 Å². The fourth-order valence-electron chi connectivity index (χ4n) is 1.28. The summed E-state index contributed by atoms with van der Waals surface area (Å²) >= 11 is 0. The summed E-state index contributed by atoms with van der Waals surface area (Å²) in [6.07, 6.45) is 0. The maximum absolute atomic E-state index is 10.9. The summed E-state index contributed by atoms with van der Waals surface area (Å²) in [6, 6.07) is 9.06. The van der Waals surface area contributed by atoms with Crippen molar-refractivity contribution in [2.45, 2.75) is 0 Å². The lowest BCUT2D eigenvalue weighted by atomic mass is 10.1. The molecule has 0 aliphatic rings. The number of aromatic nitrogens is 2. The second kappa shape index (κ2) is 3.53. The van der Waals surface area contributed by atoms with E-state index in [-0.39, 0.29) is 11.5 Å². The Hall–Kier alpha value is -2.17. The average molecular weight is 203 g/mol. The van der Waals surface area contributed by atoms with Gasteiger partial charge in [-0.25, -0.2) is 4.79 Å². The van der Waals surface area contributed by atoms with Gasteiger partial charge in [-0.1, -0.05) is 30.3 Å². The highest BCUT2D eigenvalue weighted by Crippen LogP contribution is 2.05. The first kappa shape index (κ1) is 9.39. The molecule has 5 heteroatoms.